The minimum absolute atomic E-state index is 0.170. The largest absolute Gasteiger partial charge is 0.399 e. The highest BCUT2D eigenvalue weighted by Crippen LogP contribution is 2.29. The van der Waals surface area contributed by atoms with Crippen molar-refractivity contribution in [2.75, 3.05) is 52.8 Å². The number of nitrogens with one attached hydrogen (secondary N) is 3. The first-order valence-corrected chi connectivity index (χ1v) is 20.9. The summed E-state index contributed by atoms with van der Waals surface area (Å²) in [5.41, 5.74) is 27.0. The van der Waals surface area contributed by atoms with Gasteiger partial charge in [0, 0.05) is 17.1 Å². The molecule has 0 aliphatic rings. The minimum Gasteiger partial charge on any atom is -0.399 e. The topological polar surface area (TPSA) is 340 Å². The highest BCUT2D eigenvalue weighted by Gasteiger charge is 2.17. The van der Waals surface area contributed by atoms with Crippen molar-refractivity contribution in [3.05, 3.63) is 134 Å². The van der Waals surface area contributed by atoms with Gasteiger partial charge in [-0.3, -0.25) is 13.7 Å². The Morgan fingerprint density at radius 3 is 1.60 bits per heavy atom. The molecule has 0 saturated carbocycles. The molecule has 0 saturated heterocycles. The van der Waals surface area contributed by atoms with E-state index >= 15 is 0 Å². The van der Waals surface area contributed by atoms with Crippen LogP contribution in [0, 0.1) is 45.3 Å². The summed E-state index contributed by atoms with van der Waals surface area (Å²) in [6.45, 7) is 9.12. The number of fused-ring (bicyclic) bond motifs is 3. The molecule has 0 amide bonds. The molecule has 0 aliphatic heterocycles. The van der Waals surface area contributed by atoms with Gasteiger partial charge in [-0.1, -0.05) is 12.7 Å². The molecule has 9 N–H and O–H groups in total. The van der Waals surface area contributed by atoms with Gasteiger partial charge >= 0.3 is 0 Å². The van der Waals surface area contributed by atoms with Gasteiger partial charge in [0.15, 0.2) is 16.9 Å². The normalized spacial score (nSPS) is 9.74. The molecule has 6 heterocycles. The van der Waals surface area contributed by atoms with Gasteiger partial charge in [0.25, 0.3) is 0 Å². The van der Waals surface area contributed by atoms with Gasteiger partial charge in [0.1, 0.15) is 80.2 Å². The summed E-state index contributed by atoms with van der Waals surface area (Å²) in [5.74, 6) is 0. The molecular weight excluding hydrogens is 976 g/mol. The van der Waals surface area contributed by atoms with E-state index < -0.39 is 0 Å². The third-order valence-corrected chi connectivity index (χ3v) is 9.02. The SMILES string of the molecule is C=C(I)C#N.C=CC.N#CCNc1ccc(NCC#N)c(NCC#N)c1.Nc1ccc(N)c(N)c1.c1ncc2c(n1)ncn2-c1ccc(-n2cnc3ncncc32)c(-n2cnc3ncncc32)c1. The smallest absolute Gasteiger partial charge is 0.181 e. The van der Waals surface area contributed by atoms with Crippen LogP contribution >= 0.6 is 22.6 Å². The molecule has 0 bridgehead atoms. The Morgan fingerprint density at radius 1 is 0.618 bits per heavy atom. The zero-order chi connectivity index (χ0) is 48.8. The molecule has 0 aliphatic carbocycles. The molecule has 0 spiro atoms. The van der Waals surface area contributed by atoms with E-state index in [-0.39, 0.29) is 19.6 Å². The zero-order valence-corrected chi connectivity index (χ0v) is 38.4. The van der Waals surface area contributed by atoms with Gasteiger partial charge in [-0.15, -0.1) is 6.58 Å². The number of nitrogen functional groups attached to an aromatic ring is 3. The van der Waals surface area contributed by atoms with E-state index in [0.29, 0.717) is 37.6 Å². The highest BCUT2D eigenvalue weighted by molar-refractivity contribution is 14.1. The van der Waals surface area contributed by atoms with E-state index in [2.05, 4.69) is 74.0 Å². The molecule has 0 radical (unpaired) electrons. The number of rotatable bonds is 9. The summed E-state index contributed by atoms with van der Waals surface area (Å²) >= 11 is 1.85. The lowest BCUT2D eigenvalue weighted by molar-refractivity contribution is 1.00. The Labute approximate surface area is 403 Å². The highest BCUT2D eigenvalue weighted by atomic mass is 127. The van der Waals surface area contributed by atoms with Crippen LogP contribution in [0.5, 0.6) is 0 Å². The van der Waals surface area contributed by atoms with Crippen LogP contribution in [0.4, 0.5) is 34.1 Å². The molecule has 9 aromatic rings. The van der Waals surface area contributed by atoms with E-state index in [4.69, 9.17) is 38.2 Å². The van der Waals surface area contributed by atoms with E-state index in [9.17, 15) is 0 Å². The number of benzene rings is 3. The standard InChI is InChI=1S/C21H12N12.C12H12N6.C6H9N3.C3H2IN.C3H6/c1-2-14(32-11-29-20-17(32)5-23-8-26-20)15(33-12-30-21-18(33)6-24-9-27-21)3-13(1)31-10-28-19-16(31)4-22-7-25-19;13-3-6-16-10-1-2-11(17-7-4-14)12(9-10)18-8-5-15;7-4-1-2-5(8)6(9)3-4;1-3(4)2-5;1-3-2/h1-12H;1-2,9,16-18H,6-8H2;1-3H,7-9H2;1H2;3H,1H2,2H3. The van der Waals surface area contributed by atoms with Gasteiger partial charge in [-0.2, -0.15) is 21.0 Å². The van der Waals surface area contributed by atoms with Gasteiger partial charge < -0.3 is 33.2 Å². The molecule has 6 aromatic heterocycles. The maximum atomic E-state index is 8.56. The van der Waals surface area contributed by atoms with E-state index in [1.807, 2.05) is 85.7 Å². The zero-order valence-electron chi connectivity index (χ0n) is 36.3. The summed E-state index contributed by atoms with van der Waals surface area (Å²) in [4.78, 5) is 38.5. The molecule has 338 valence electrons. The van der Waals surface area contributed by atoms with Crippen LogP contribution < -0.4 is 33.2 Å². The number of hydrogen-bond donors (Lipinski definition) is 6. The second-order valence-corrected chi connectivity index (χ2v) is 14.6. The average Bonchev–Trinajstić information content (AvgIpc) is 4.12. The molecule has 0 atom stereocenters. The molecule has 22 nitrogen and oxygen atoms in total. The van der Waals surface area contributed by atoms with Gasteiger partial charge in [-0.25, -0.2) is 44.9 Å². The van der Waals surface area contributed by atoms with Crippen molar-refractivity contribution in [2.24, 2.45) is 0 Å². The first-order valence-electron chi connectivity index (χ1n) is 19.8. The summed E-state index contributed by atoms with van der Waals surface area (Å²) in [7, 11) is 0. The summed E-state index contributed by atoms with van der Waals surface area (Å²) < 4.78 is 6.36. The summed E-state index contributed by atoms with van der Waals surface area (Å²) in [5, 5.41) is 42.1. The molecule has 0 fully saturated rings. The second-order valence-electron chi connectivity index (χ2n) is 13.3. The van der Waals surface area contributed by atoms with Crippen molar-refractivity contribution < 1.29 is 0 Å². The van der Waals surface area contributed by atoms with Crippen LogP contribution in [0.1, 0.15) is 6.92 Å². The van der Waals surface area contributed by atoms with E-state index in [1.54, 1.807) is 80.0 Å². The maximum absolute atomic E-state index is 8.56. The predicted molar refractivity (Wildman–Crippen MR) is 270 cm³/mol. The molecular formula is C45H41IN22. The average molecular weight is 1020 g/mol. The number of nitrogens with two attached hydrogens (primary N) is 3. The van der Waals surface area contributed by atoms with Crippen LogP contribution in [0.2, 0.25) is 0 Å². The van der Waals surface area contributed by atoms with Crippen molar-refractivity contribution in [3.63, 3.8) is 0 Å². The van der Waals surface area contributed by atoms with Crippen LogP contribution in [-0.2, 0) is 0 Å². The number of aromatic nitrogens is 12. The quantitative estimate of drug-likeness (QED) is 0.0290. The number of imidazole rings is 3. The number of anilines is 6. The second kappa shape index (κ2) is 24.9. The van der Waals surface area contributed by atoms with Crippen LogP contribution in [0.25, 0.3) is 50.6 Å². The number of hydrogen-bond acceptors (Lipinski definition) is 19. The lowest BCUT2D eigenvalue weighted by atomic mass is 10.2. The number of nitrogens with zero attached hydrogens (tertiary/aromatic N) is 16. The molecule has 9 rings (SSSR count). The Balaban J connectivity index is 0.000000207. The Kier molecular flexibility index (Phi) is 18.1. The molecule has 68 heavy (non-hydrogen) atoms. The third kappa shape index (κ3) is 12.9. The predicted octanol–water partition coefficient (Wildman–Crippen LogP) is 6.65. The Hall–Kier alpha value is -9.72. The lowest BCUT2D eigenvalue weighted by Crippen LogP contribution is -2.07. The summed E-state index contributed by atoms with van der Waals surface area (Å²) in [6.07, 6.45) is 16.6. The van der Waals surface area contributed by atoms with Gasteiger partial charge in [0.05, 0.1) is 74.5 Å². The van der Waals surface area contributed by atoms with Crippen LogP contribution in [0.15, 0.2) is 134 Å². The molecule has 0 unspecified atom stereocenters. The van der Waals surface area contributed by atoms with Crippen molar-refractivity contribution in [3.8, 4) is 41.3 Å². The maximum Gasteiger partial charge on any atom is 0.181 e. The first-order chi connectivity index (χ1) is 33.1. The number of allylic oxidation sites excluding steroid dienone is 2. The van der Waals surface area contributed by atoms with Crippen molar-refractivity contribution >= 4 is 90.2 Å². The fourth-order valence-corrected chi connectivity index (χ4v) is 5.89. The van der Waals surface area contributed by atoms with E-state index in [1.165, 1.54) is 19.0 Å². The van der Waals surface area contributed by atoms with Crippen LogP contribution in [-0.4, -0.2) is 78.2 Å². The van der Waals surface area contributed by atoms with Gasteiger partial charge in [-0.05, 0) is 84.1 Å². The Bertz CT molecular complexity index is 3330. The Morgan fingerprint density at radius 2 is 1.10 bits per heavy atom. The van der Waals surface area contributed by atoms with Crippen molar-refractivity contribution in [1.29, 1.82) is 21.0 Å². The van der Waals surface area contributed by atoms with Gasteiger partial charge in [0.2, 0.25) is 0 Å². The summed E-state index contributed by atoms with van der Waals surface area (Å²) in [6, 6.07) is 24.2. The lowest BCUT2D eigenvalue weighted by Gasteiger charge is -2.15. The number of halogens is 1. The van der Waals surface area contributed by atoms with Crippen molar-refractivity contribution in [1.82, 2.24) is 58.6 Å². The first kappa shape index (κ1) is 49.3. The minimum atomic E-state index is 0.170. The fourth-order valence-electron chi connectivity index (χ4n) is 5.89. The van der Waals surface area contributed by atoms with Crippen molar-refractivity contribution in [2.45, 2.75) is 6.92 Å². The third-order valence-electron chi connectivity index (χ3n) is 8.78. The monoisotopic (exact) mass is 1020 g/mol. The van der Waals surface area contributed by atoms with E-state index in [0.717, 1.165) is 50.7 Å². The fraction of sp³-hybridized carbons (Fsp3) is 0.0889. The molecule has 23 heteroatoms. The number of nitriles is 4. The van der Waals surface area contributed by atoms with Crippen LogP contribution in [0.3, 0.4) is 0 Å². The molecule has 3 aromatic carbocycles.